The van der Waals surface area contributed by atoms with E-state index in [9.17, 15) is 19.8 Å². The predicted octanol–water partition coefficient (Wildman–Crippen LogP) is 5.35. The molecule has 0 unspecified atom stereocenters. The summed E-state index contributed by atoms with van der Waals surface area (Å²) >= 11 is 0. The predicted molar refractivity (Wildman–Crippen MR) is 221 cm³/mol. The van der Waals surface area contributed by atoms with Crippen molar-refractivity contribution in [2.24, 2.45) is 0 Å². The van der Waals surface area contributed by atoms with Gasteiger partial charge in [0.1, 0.15) is 31.8 Å². The molecule has 282 valence electrons. The van der Waals surface area contributed by atoms with Crippen molar-refractivity contribution in [1.29, 1.82) is 0 Å². The van der Waals surface area contributed by atoms with Gasteiger partial charge in [0.25, 0.3) is 0 Å². The van der Waals surface area contributed by atoms with Crippen LogP contribution in [0.5, 0.6) is 0 Å². The second-order valence-corrected chi connectivity index (χ2v) is 16.2. The molecule has 0 saturated carbocycles. The van der Waals surface area contributed by atoms with Gasteiger partial charge in [-0.25, -0.2) is 0 Å². The van der Waals surface area contributed by atoms with Gasteiger partial charge in [0.2, 0.25) is 0 Å². The van der Waals surface area contributed by atoms with Crippen LogP contribution >= 0.6 is 15.8 Å². The van der Waals surface area contributed by atoms with E-state index in [1.165, 1.54) is 31.8 Å². The third kappa shape index (κ3) is 20.5. The molecule has 0 amide bonds. The minimum absolute atomic E-state index is 0. The molecular formula is C46H46O6P2Ru+2. The largest absolute Gasteiger partial charge is 2.00 e. The Bertz CT molecular complexity index is 1530. The Morgan fingerprint density at radius 1 is 0.400 bits per heavy atom. The molecule has 0 bridgehead atoms. The molecule has 6 aromatic rings. The van der Waals surface area contributed by atoms with Crippen molar-refractivity contribution >= 4 is 59.6 Å². The van der Waals surface area contributed by atoms with E-state index in [0.29, 0.717) is 12.8 Å². The maximum Gasteiger partial charge on any atom is 2.00 e. The van der Waals surface area contributed by atoms with Crippen molar-refractivity contribution in [2.45, 2.75) is 39.5 Å². The standard InChI is InChI=1S/2C18H15P.2C4H8O2.2CO.Ru/c2*1-4-10-16(11-5-1)19(17-12-6-2-7-13-17)18-14-8-3-9-15-18;2*1-2-3-4(5)6;2*1-2;/h2*1-15H;2*2-3H2,1H3,(H,5,6);;;/q;;;;;;+2. The summed E-state index contributed by atoms with van der Waals surface area (Å²) in [6, 6.07) is 65.0. The molecule has 0 N–H and O–H groups in total. The van der Waals surface area contributed by atoms with Crippen LogP contribution < -0.4 is 42.0 Å². The van der Waals surface area contributed by atoms with E-state index in [-0.39, 0.29) is 32.3 Å². The van der Waals surface area contributed by atoms with Crippen molar-refractivity contribution in [3.63, 3.8) is 0 Å². The molecule has 0 heterocycles. The molecule has 0 radical (unpaired) electrons. The number of aliphatic carboxylic acids is 2. The van der Waals surface area contributed by atoms with Crippen molar-refractivity contribution in [3.05, 3.63) is 195 Å². The quantitative estimate of drug-likeness (QED) is 0.0800. The van der Waals surface area contributed by atoms with E-state index >= 15 is 0 Å². The van der Waals surface area contributed by atoms with Gasteiger partial charge < -0.3 is 19.8 Å². The Labute approximate surface area is 341 Å². The molecule has 0 aliphatic carbocycles. The molecule has 0 fully saturated rings. The minimum Gasteiger partial charge on any atom is -0.0620 e. The summed E-state index contributed by atoms with van der Waals surface area (Å²) in [5.74, 6) is -1.92. The molecule has 0 saturated heterocycles. The zero-order valence-corrected chi connectivity index (χ0v) is 34.7. The van der Waals surface area contributed by atoms with Crippen LogP contribution in [0, 0.1) is 13.3 Å². The number of carbonyl (C=O) groups excluding carboxylic acids is 2. The number of hydrogen-bond acceptors (Lipinski definition) is 4. The molecule has 6 nitrogen and oxygen atoms in total. The molecule has 0 aliphatic heterocycles. The SMILES string of the molecule is CCCC(=O)[O-].CCCC(=O)[O-].[C-]#[O+].[C-]#[O+].[Ru+2].c1ccc([PH+](c2ccccc2)c2ccccc2)cc1.c1ccc([PH+](c2ccccc2)c2ccccc2)cc1. The van der Waals surface area contributed by atoms with Gasteiger partial charge in [-0.3, -0.25) is 0 Å². The minimum atomic E-state index is -0.961. The van der Waals surface area contributed by atoms with Gasteiger partial charge in [-0.05, 0) is 85.6 Å². The number of carbonyl (C=O) groups is 2. The van der Waals surface area contributed by atoms with Crippen LogP contribution in [0.4, 0.5) is 0 Å². The Morgan fingerprint density at radius 2 is 0.545 bits per heavy atom. The molecule has 9 heteroatoms. The molecule has 0 atom stereocenters. The van der Waals surface area contributed by atoms with E-state index in [0.717, 1.165) is 0 Å². The fourth-order valence-corrected chi connectivity index (χ4v) is 10.2. The fraction of sp³-hybridized carbons (Fsp3) is 0.130. The second-order valence-electron chi connectivity index (χ2n) is 11.2. The van der Waals surface area contributed by atoms with Gasteiger partial charge in [-0.1, -0.05) is 136 Å². The monoisotopic (exact) mass is 858 g/mol. The van der Waals surface area contributed by atoms with E-state index in [2.05, 4.69) is 195 Å². The maximum atomic E-state index is 9.49. The first-order chi connectivity index (χ1) is 26.4. The number of rotatable bonds is 10. The maximum absolute atomic E-state index is 9.49. The van der Waals surface area contributed by atoms with Crippen LogP contribution in [0.15, 0.2) is 182 Å². The summed E-state index contributed by atoms with van der Waals surface area (Å²) in [4.78, 5) is 19.0. The van der Waals surface area contributed by atoms with Gasteiger partial charge in [0.15, 0.2) is 0 Å². The van der Waals surface area contributed by atoms with Crippen LogP contribution in [0.3, 0.4) is 0 Å². The third-order valence-corrected chi connectivity index (χ3v) is 12.7. The van der Waals surface area contributed by atoms with Crippen molar-refractivity contribution < 1.29 is 48.6 Å². The molecule has 0 aromatic heterocycles. The van der Waals surface area contributed by atoms with E-state index in [1.807, 2.05) is 0 Å². The normalized spacial score (nSPS) is 9.16. The molecule has 55 heavy (non-hydrogen) atoms. The molecule has 6 rings (SSSR count). The van der Waals surface area contributed by atoms with Crippen LogP contribution in [-0.2, 0) is 38.4 Å². The zero-order valence-electron chi connectivity index (χ0n) is 31.0. The number of carboxylic acids is 2. The summed E-state index contributed by atoms with van der Waals surface area (Å²) in [7, 11) is -1.75. The first-order valence-corrected chi connectivity index (χ1v) is 20.3. The molecular weight excluding hydrogens is 812 g/mol. The Morgan fingerprint density at radius 3 is 0.636 bits per heavy atom. The van der Waals surface area contributed by atoms with Crippen molar-refractivity contribution in [1.82, 2.24) is 0 Å². The first kappa shape index (κ1) is 50.2. The fourth-order valence-electron chi connectivity index (χ4n) is 5.04. The summed E-state index contributed by atoms with van der Waals surface area (Å²) < 4.78 is 15.0. The van der Waals surface area contributed by atoms with Crippen molar-refractivity contribution in [2.75, 3.05) is 0 Å². The van der Waals surface area contributed by atoms with Gasteiger partial charge in [-0.2, -0.15) is 0 Å². The first-order valence-electron chi connectivity index (χ1n) is 17.3. The van der Waals surface area contributed by atoms with Gasteiger partial charge in [0, 0.05) is 11.9 Å². The number of hydrogen-bond donors (Lipinski definition) is 0. The third-order valence-electron chi connectivity index (χ3n) is 7.28. The zero-order chi connectivity index (χ0) is 39.8. The summed E-state index contributed by atoms with van der Waals surface area (Å²) in [5, 5.41) is 27.6. The van der Waals surface area contributed by atoms with Crippen LogP contribution in [-0.4, -0.2) is 11.9 Å². The average molecular weight is 858 g/mol. The van der Waals surface area contributed by atoms with E-state index < -0.39 is 27.8 Å². The van der Waals surface area contributed by atoms with Gasteiger partial charge in [0.05, 0.1) is 15.8 Å². The molecule has 0 aliphatic rings. The Hall–Kier alpha value is -4.78. The number of benzene rings is 6. The number of carboxylic acid groups (broad SMARTS) is 2. The summed E-state index contributed by atoms with van der Waals surface area (Å²) in [5.41, 5.74) is 0. The van der Waals surface area contributed by atoms with Crippen LogP contribution in [0.25, 0.3) is 0 Å². The smallest absolute Gasteiger partial charge is 0.0620 e. The second kappa shape index (κ2) is 32.6. The van der Waals surface area contributed by atoms with Gasteiger partial charge >= 0.3 is 42.1 Å². The van der Waals surface area contributed by atoms with E-state index in [1.54, 1.807) is 13.8 Å². The summed E-state index contributed by atoms with van der Waals surface area (Å²) in [6.45, 7) is 12.6. The van der Waals surface area contributed by atoms with Crippen LogP contribution in [0.1, 0.15) is 39.5 Å². The van der Waals surface area contributed by atoms with Crippen molar-refractivity contribution in [3.8, 4) is 0 Å². The Balaban J connectivity index is 0.000000761. The average Bonchev–Trinajstić information content (AvgIpc) is 3.23. The molecule has 6 aromatic carbocycles. The van der Waals surface area contributed by atoms with Crippen LogP contribution in [0.2, 0.25) is 0 Å². The summed E-state index contributed by atoms with van der Waals surface area (Å²) in [6.07, 6.45) is 1.70. The van der Waals surface area contributed by atoms with Gasteiger partial charge in [-0.15, -0.1) is 0 Å². The molecule has 0 spiro atoms. The van der Waals surface area contributed by atoms with E-state index in [4.69, 9.17) is 9.30 Å². The Kier molecular flexibility index (Phi) is 29.8. The topological polar surface area (TPSA) is 120 Å².